The SMILES string of the molecule is CSc1nc(N(C)C)nc(N2C(=O)NC(=O)C2C)n1. The van der Waals surface area contributed by atoms with E-state index in [2.05, 4.69) is 20.3 Å². The number of aromatic nitrogens is 3. The first-order chi connectivity index (χ1) is 8.93. The third kappa shape index (κ3) is 2.46. The van der Waals surface area contributed by atoms with Crippen molar-refractivity contribution in [3.8, 4) is 0 Å². The van der Waals surface area contributed by atoms with Gasteiger partial charge in [-0.05, 0) is 13.2 Å². The molecule has 19 heavy (non-hydrogen) atoms. The van der Waals surface area contributed by atoms with Crippen LogP contribution in [0.15, 0.2) is 5.16 Å². The number of carbonyl (C=O) groups excluding carboxylic acids is 2. The predicted molar refractivity (Wildman–Crippen MR) is 71.4 cm³/mol. The van der Waals surface area contributed by atoms with Gasteiger partial charge in [-0.25, -0.2) is 9.69 Å². The van der Waals surface area contributed by atoms with E-state index < -0.39 is 12.1 Å². The van der Waals surface area contributed by atoms with Crippen molar-refractivity contribution in [2.75, 3.05) is 30.2 Å². The second-order valence-corrected chi connectivity index (χ2v) is 4.93. The number of hydrogen-bond donors (Lipinski definition) is 1. The minimum atomic E-state index is -0.625. The summed E-state index contributed by atoms with van der Waals surface area (Å²) in [7, 11) is 3.59. The number of rotatable bonds is 3. The highest BCUT2D eigenvalue weighted by atomic mass is 32.2. The Morgan fingerprint density at radius 3 is 2.42 bits per heavy atom. The van der Waals surface area contributed by atoms with E-state index in [0.717, 1.165) is 0 Å². The molecule has 2 heterocycles. The van der Waals surface area contributed by atoms with Gasteiger partial charge in [0.15, 0.2) is 5.16 Å². The molecule has 1 aliphatic rings. The number of hydrogen-bond acceptors (Lipinski definition) is 7. The molecular formula is C10H14N6O2S. The summed E-state index contributed by atoms with van der Waals surface area (Å²) in [6.45, 7) is 1.62. The summed E-state index contributed by atoms with van der Waals surface area (Å²) in [5.41, 5.74) is 0. The van der Waals surface area contributed by atoms with E-state index in [1.807, 2.05) is 6.26 Å². The maximum absolute atomic E-state index is 11.7. The van der Waals surface area contributed by atoms with Gasteiger partial charge in [-0.3, -0.25) is 10.1 Å². The van der Waals surface area contributed by atoms with Gasteiger partial charge in [-0.2, -0.15) is 15.0 Å². The predicted octanol–water partition coefficient (Wildman–Crippen LogP) is 0.104. The number of anilines is 2. The molecule has 1 unspecified atom stereocenters. The molecular weight excluding hydrogens is 268 g/mol. The average Bonchev–Trinajstić information content (AvgIpc) is 2.62. The van der Waals surface area contributed by atoms with Crippen LogP contribution in [0.4, 0.5) is 16.7 Å². The summed E-state index contributed by atoms with van der Waals surface area (Å²) in [6, 6.07) is -1.14. The Hall–Kier alpha value is -1.90. The number of nitrogens with one attached hydrogen (secondary N) is 1. The number of urea groups is 1. The number of imide groups is 1. The minimum absolute atomic E-state index is 0.180. The van der Waals surface area contributed by atoms with Crippen molar-refractivity contribution in [3.05, 3.63) is 0 Å². The van der Waals surface area contributed by atoms with E-state index in [4.69, 9.17) is 0 Å². The molecule has 0 saturated carbocycles. The van der Waals surface area contributed by atoms with Crippen LogP contribution in [0.3, 0.4) is 0 Å². The van der Waals surface area contributed by atoms with Crippen molar-refractivity contribution in [1.82, 2.24) is 20.3 Å². The first-order valence-electron chi connectivity index (χ1n) is 5.55. The molecule has 0 radical (unpaired) electrons. The Morgan fingerprint density at radius 1 is 1.26 bits per heavy atom. The van der Waals surface area contributed by atoms with Gasteiger partial charge in [0.05, 0.1) is 0 Å². The Balaban J connectivity index is 2.47. The summed E-state index contributed by atoms with van der Waals surface area (Å²) in [4.78, 5) is 38.8. The fourth-order valence-corrected chi connectivity index (χ4v) is 1.91. The zero-order chi connectivity index (χ0) is 14.2. The van der Waals surface area contributed by atoms with Crippen LogP contribution in [0, 0.1) is 0 Å². The summed E-state index contributed by atoms with van der Waals surface area (Å²) in [5, 5.41) is 2.72. The van der Waals surface area contributed by atoms with Crippen molar-refractivity contribution in [2.24, 2.45) is 0 Å². The van der Waals surface area contributed by atoms with Gasteiger partial charge in [-0.15, -0.1) is 0 Å². The third-order valence-corrected chi connectivity index (χ3v) is 3.15. The van der Waals surface area contributed by atoms with E-state index >= 15 is 0 Å². The van der Waals surface area contributed by atoms with Crippen LogP contribution in [0.5, 0.6) is 0 Å². The zero-order valence-electron chi connectivity index (χ0n) is 11.0. The molecule has 0 spiro atoms. The van der Waals surface area contributed by atoms with Crippen LogP contribution >= 0.6 is 11.8 Å². The first kappa shape index (κ1) is 13.5. The Kier molecular flexibility index (Phi) is 3.56. The van der Waals surface area contributed by atoms with Gasteiger partial charge in [0, 0.05) is 14.1 Å². The first-order valence-corrected chi connectivity index (χ1v) is 6.78. The molecule has 1 aromatic heterocycles. The Labute approximate surface area is 114 Å². The van der Waals surface area contributed by atoms with E-state index in [1.54, 1.807) is 25.9 Å². The molecule has 9 heteroatoms. The van der Waals surface area contributed by atoms with Crippen molar-refractivity contribution in [3.63, 3.8) is 0 Å². The molecule has 1 N–H and O–H groups in total. The largest absolute Gasteiger partial charge is 0.347 e. The van der Waals surface area contributed by atoms with Crippen LogP contribution in [0.2, 0.25) is 0 Å². The minimum Gasteiger partial charge on any atom is -0.347 e. The molecule has 102 valence electrons. The van der Waals surface area contributed by atoms with Crippen LogP contribution in [-0.4, -0.2) is 53.3 Å². The van der Waals surface area contributed by atoms with Crippen LogP contribution < -0.4 is 15.1 Å². The quantitative estimate of drug-likeness (QED) is 0.621. The summed E-state index contributed by atoms with van der Waals surface area (Å²) in [6.07, 6.45) is 1.83. The van der Waals surface area contributed by atoms with E-state index in [1.165, 1.54) is 16.7 Å². The second-order valence-electron chi connectivity index (χ2n) is 4.16. The zero-order valence-corrected chi connectivity index (χ0v) is 11.9. The third-order valence-electron chi connectivity index (χ3n) is 2.61. The number of amides is 3. The fourth-order valence-electron chi connectivity index (χ4n) is 1.56. The highest BCUT2D eigenvalue weighted by Crippen LogP contribution is 2.21. The van der Waals surface area contributed by atoms with Crippen molar-refractivity contribution in [1.29, 1.82) is 0 Å². The number of thioether (sulfide) groups is 1. The lowest BCUT2D eigenvalue weighted by Gasteiger charge is -2.18. The maximum Gasteiger partial charge on any atom is 0.331 e. The summed E-state index contributed by atoms with van der Waals surface area (Å²) >= 11 is 1.34. The van der Waals surface area contributed by atoms with E-state index in [0.29, 0.717) is 11.1 Å². The topological polar surface area (TPSA) is 91.3 Å². The lowest BCUT2D eigenvalue weighted by molar-refractivity contribution is -0.119. The molecule has 1 aliphatic heterocycles. The highest BCUT2D eigenvalue weighted by Gasteiger charge is 2.38. The molecule has 1 atom stereocenters. The average molecular weight is 282 g/mol. The maximum atomic E-state index is 11.7. The normalized spacial score (nSPS) is 18.7. The van der Waals surface area contributed by atoms with Gasteiger partial charge in [-0.1, -0.05) is 11.8 Å². The van der Waals surface area contributed by atoms with E-state index in [-0.39, 0.29) is 11.9 Å². The lowest BCUT2D eigenvalue weighted by Crippen LogP contribution is -2.35. The van der Waals surface area contributed by atoms with Crippen molar-refractivity contribution in [2.45, 2.75) is 18.1 Å². The molecule has 0 aromatic carbocycles. The Bertz CT molecular complexity index is 535. The molecule has 8 nitrogen and oxygen atoms in total. The van der Waals surface area contributed by atoms with Crippen molar-refractivity contribution < 1.29 is 9.59 Å². The molecule has 1 aromatic rings. The standard InChI is InChI=1S/C10H14N6O2S/c1-5-6(17)11-10(18)16(5)8-12-7(15(2)3)13-9(14-8)19-4/h5H,1-4H3,(H,11,17,18). The van der Waals surface area contributed by atoms with Gasteiger partial charge >= 0.3 is 6.03 Å². The monoisotopic (exact) mass is 282 g/mol. The molecule has 0 aliphatic carbocycles. The van der Waals surface area contributed by atoms with Gasteiger partial charge in [0.2, 0.25) is 11.9 Å². The second kappa shape index (κ2) is 5.00. The molecule has 2 rings (SSSR count). The summed E-state index contributed by atoms with van der Waals surface area (Å²) in [5.74, 6) is 0.259. The lowest BCUT2D eigenvalue weighted by atomic mass is 10.3. The number of carbonyl (C=O) groups is 2. The summed E-state index contributed by atoms with van der Waals surface area (Å²) < 4.78 is 0. The molecule has 1 fully saturated rings. The van der Waals surface area contributed by atoms with E-state index in [9.17, 15) is 9.59 Å². The van der Waals surface area contributed by atoms with Gasteiger partial charge in [0.25, 0.3) is 5.91 Å². The molecule has 0 bridgehead atoms. The molecule has 1 saturated heterocycles. The van der Waals surface area contributed by atoms with Crippen LogP contribution in [-0.2, 0) is 4.79 Å². The van der Waals surface area contributed by atoms with Gasteiger partial charge in [0.1, 0.15) is 6.04 Å². The fraction of sp³-hybridized carbons (Fsp3) is 0.500. The highest BCUT2D eigenvalue weighted by molar-refractivity contribution is 7.98. The molecule has 3 amide bonds. The Morgan fingerprint density at radius 2 is 1.95 bits per heavy atom. The van der Waals surface area contributed by atoms with Gasteiger partial charge < -0.3 is 4.90 Å². The van der Waals surface area contributed by atoms with Crippen LogP contribution in [0.25, 0.3) is 0 Å². The van der Waals surface area contributed by atoms with Crippen molar-refractivity contribution >= 4 is 35.6 Å². The number of nitrogens with zero attached hydrogens (tertiary/aromatic N) is 5. The van der Waals surface area contributed by atoms with Crippen LogP contribution in [0.1, 0.15) is 6.92 Å². The smallest absolute Gasteiger partial charge is 0.331 e.